The van der Waals surface area contributed by atoms with Crippen LogP contribution in [-0.4, -0.2) is 23.4 Å². The number of furan rings is 1. The third-order valence-corrected chi connectivity index (χ3v) is 5.08. The first-order valence-corrected chi connectivity index (χ1v) is 9.66. The van der Waals surface area contributed by atoms with Crippen LogP contribution in [0.1, 0.15) is 34.6 Å². The minimum atomic E-state index is -0.799. The van der Waals surface area contributed by atoms with Gasteiger partial charge in [0.15, 0.2) is 11.5 Å². The van der Waals surface area contributed by atoms with Gasteiger partial charge in [0, 0.05) is 5.69 Å². The van der Waals surface area contributed by atoms with Crippen LogP contribution in [0.2, 0.25) is 0 Å². The lowest BCUT2D eigenvalue weighted by Gasteiger charge is -2.28. The second-order valence-corrected chi connectivity index (χ2v) is 6.93. The molecule has 3 aromatic rings. The number of ether oxygens (including phenoxy) is 1. The molecule has 0 spiro atoms. The van der Waals surface area contributed by atoms with Gasteiger partial charge >= 0.3 is 0 Å². The van der Waals surface area contributed by atoms with Crippen molar-refractivity contribution in [3.05, 3.63) is 95.1 Å². The number of Topliss-reactive ketones (excluding diaryl/α,β-unsaturated/α-hetero) is 1. The lowest BCUT2D eigenvalue weighted by molar-refractivity contribution is -0.117. The number of aliphatic hydroxyl groups is 1. The van der Waals surface area contributed by atoms with Crippen molar-refractivity contribution in [3.8, 4) is 5.75 Å². The average Bonchev–Trinajstić information content (AvgIpc) is 3.37. The van der Waals surface area contributed by atoms with Crippen molar-refractivity contribution in [2.45, 2.75) is 19.9 Å². The van der Waals surface area contributed by atoms with E-state index >= 15 is 0 Å². The molecule has 0 radical (unpaired) electrons. The SMILES string of the molecule is CCOc1ccc(C2C(C(=O)c3ccco3)=C(O)C(=O)N2c2ccccc2C)cc1. The number of ketones is 1. The molecule has 152 valence electrons. The Kier molecular flexibility index (Phi) is 5.14. The van der Waals surface area contributed by atoms with E-state index in [1.54, 1.807) is 36.4 Å². The maximum absolute atomic E-state index is 13.2. The van der Waals surface area contributed by atoms with Crippen LogP contribution in [0.5, 0.6) is 5.75 Å². The molecule has 0 bridgehead atoms. The van der Waals surface area contributed by atoms with Crippen LogP contribution in [-0.2, 0) is 4.79 Å². The molecule has 0 saturated heterocycles. The van der Waals surface area contributed by atoms with Crippen LogP contribution in [0.25, 0.3) is 0 Å². The van der Waals surface area contributed by atoms with Crippen molar-refractivity contribution < 1.29 is 23.8 Å². The second-order valence-electron chi connectivity index (χ2n) is 6.93. The van der Waals surface area contributed by atoms with E-state index in [4.69, 9.17) is 9.15 Å². The molecule has 0 saturated carbocycles. The Bertz CT molecular complexity index is 1110. The molecular formula is C24H21NO5. The van der Waals surface area contributed by atoms with Gasteiger partial charge in [-0.2, -0.15) is 0 Å². The van der Waals surface area contributed by atoms with E-state index in [2.05, 4.69) is 0 Å². The van der Waals surface area contributed by atoms with Gasteiger partial charge in [0.1, 0.15) is 5.75 Å². The minimum absolute atomic E-state index is 0.0117. The number of para-hydroxylation sites is 1. The fourth-order valence-corrected chi connectivity index (χ4v) is 3.69. The third kappa shape index (κ3) is 3.26. The highest BCUT2D eigenvalue weighted by atomic mass is 16.5. The predicted octanol–water partition coefficient (Wildman–Crippen LogP) is 4.77. The molecule has 0 fully saturated rings. The van der Waals surface area contributed by atoms with Gasteiger partial charge in [0.05, 0.1) is 24.5 Å². The fraction of sp³-hybridized carbons (Fsp3) is 0.167. The smallest absolute Gasteiger partial charge is 0.294 e. The lowest BCUT2D eigenvalue weighted by atomic mass is 9.94. The highest BCUT2D eigenvalue weighted by Crippen LogP contribution is 2.43. The van der Waals surface area contributed by atoms with E-state index in [0.29, 0.717) is 23.6 Å². The molecule has 0 aliphatic carbocycles. The monoisotopic (exact) mass is 403 g/mol. The summed E-state index contributed by atoms with van der Waals surface area (Å²) in [4.78, 5) is 27.7. The number of carbonyl (C=O) groups is 2. The van der Waals surface area contributed by atoms with Gasteiger partial charge in [0.25, 0.3) is 5.91 Å². The molecule has 2 aromatic carbocycles. The summed E-state index contributed by atoms with van der Waals surface area (Å²) in [7, 11) is 0. The number of nitrogens with zero attached hydrogens (tertiary/aromatic N) is 1. The van der Waals surface area contributed by atoms with Gasteiger partial charge in [-0.3, -0.25) is 14.5 Å². The van der Waals surface area contributed by atoms with Gasteiger partial charge in [-0.05, 0) is 55.3 Å². The molecule has 1 aromatic heterocycles. The van der Waals surface area contributed by atoms with Crippen LogP contribution < -0.4 is 9.64 Å². The van der Waals surface area contributed by atoms with Crippen molar-refractivity contribution in [1.82, 2.24) is 0 Å². The van der Waals surface area contributed by atoms with E-state index < -0.39 is 23.5 Å². The Morgan fingerprint density at radius 3 is 2.47 bits per heavy atom. The van der Waals surface area contributed by atoms with Crippen molar-refractivity contribution >= 4 is 17.4 Å². The van der Waals surface area contributed by atoms with E-state index in [0.717, 1.165) is 5.56 Å². The Morgan fingerprint density at radius 1 is 1.10 bits per heavy atom. The summed E-state index contributed by atoms with van der Waals surface area (Å²) in [5, 5.41) is 10.7. The molecule has 1 aliphatic heterocycles. The van der Waals surface area contributed by atoms with Crippen molar-refractivity contribution in [3.63, 3.8) is 0 Å². The normalized spacial score (nSPS) is 16.3. The number of rotatable bonds is 6. The zero-order valence-corrected chi connectivity index (χ0v) is 16.7. The Hall–Kier alpha value is -3.80. The van der Waals surface area contributed by atoms with E-state index in [1.165, 1.54) is 17.2 Å². The highest BCUT2D eigenvalue weighted by Gasteiger charge is 2.45. The number of hydrogen-bond acceptors (Lipinski definition) is 5. The van der Waals surface area contributed by atoms with Crippen LogP contribution in [0.15, 0.2) is 82.7 Å². The molecule has 4 rings (SSSR count). The second kappa shape index (κ2) is 7.91. The van der Waals surface area contributed by atoms with Crippen LogP contribution >= 0.6 is 0 Å². The summed E-state index contributed by atoms with van der Waals surface area (Å²) in [6.07, 6.45) is 1.38. The third-order valence-electron chi connectivity index (χ3n) is 5.08. The van der Waals surface area contributed by atoms with Gasteiger partial charge < -0.3 is 14.3 Å². The summed E-state index contributed by atoms with van der Waals surface area (Å²) >= 11 is 0. The zero-order valence-electron chi connectivity index (χ0n) is 16.7. The summed E-state index contributed by atoms with van der Waals surface area (Å²) in [6.45, 7) is 4.30. The number of anilines is 1. The number of aliphatic hydroxyl groups excluding tert-OH is 1. The maximum Gasteiger partial charge on any atom is 0.294 e. The Balaban J connectivity index is 1.86. The first-order valence-electron chi connectivity index (χ1n) is 9.66. The fourth-order valence-electron chi connectivity index (χ4n) is 3.69. The molecular weight excluding hydrogens is 382 g/mol. The van der Waals surface area contributed by atoms with Crippen LogP contribution in [0, 0.1) is 6.92 Å². The van der Waals surface area contributed by atoms with E-state index in [9.17, 15) is 14.7 Å². The standard InChI is InChI=1S/C24H21NO5/c1-3-29-17-12-10-16(11-13-17)21-20(22(26)19-9-6-14-30-19)23(27)24(28)25(21)18-8-5-4-7-15(18)2/h4-14,21,27H,3H2,1-2H3. The lowest BCUT2D eigenvalue weighted by Crippen LogP contribution is -2.31. The first-order chi connectivity index (χ1) is 14.5. The van der Waals surface area contributed by atoms with E-state index in [-0.39, 0.29) is 11.3 Å². The summed E-state index contributed by atoms with van der Waals surface area (Å²) < 4.78 is 10.8. The molecule has 1 atom stereocenters. The van der Waals surface area contributed by atoms with Crippen molar-refractivity contribution in [2.24, 2.45) is 0 Å². The van der Waals surface area contributed by atoms with Gasteiger partial charge in [-0.15, -0.1) is 0 Å². The predicted molar refractivity (Wildman–Crippen MR) is 112 cm³/mol. The average molecular weight is 403 g/mol. The maximum atomic E-state index is 13.2. The highest BCUT2D eigenvalue weighted by molar-refractivity contribution is 6.20. The molecule has 6 heteroatoms. The molecule has 1 amide bonds. The Morgan fingerprint density at radius 2 is 1.83 bits per heavy atom. The van der Waals surface area contributed by atoms with Crippen LogP contribution in [0.4, 0.5) is 5.69 Å². The number of aryl methyl sites for hydroxylation is 1. The van der Waals surface area contributed by atoms with Crippen LogP contribution in [0.3, 0.4) is 0 Å². The zero-order chi connectivity index (χ0) is 21.3. The number of carbonyl (C=O) groups excluding carboxylic acids is 2. The summed E-state index contributed by atoms with van der Waals surface area (Å²) in [6, 6.07) is 16.8. The minimum Gasteiger partial charge on any atom is -0.503 e. The topological polar surface area (TPSA) is 80.0 Å². The molecule has 6 nitrogen and oxygen atoms in total. The summed E-state index contributed by atoms with van der Waals surface area (Å²) in [5.74, 6) is -0.982. The largest absolute Gasteiger partial charge is 0.503 e. The van der Waals surface area contributed by atoms with Gasteiger partial charge in [0.2, 0.25) is 5.78 Å². The summed E-state index contributed by atoms with van der Waals surface area (Å²) in [5.41, 5.74) is 2.13. The van der Waals surface area contributed by atoms with Gasteiger partial charge in [-0.25, -0.2) is 0 Å². The molecule has 1 N–H and O–H groups in total. The molecule has 2 heterocycles. The molecule has 1 unspecified atom stereocenters. The number of amides is 1. The number of hydrogen-bond donors (Lipinski definition) is 1. The van der Waals surface area contributed by atoms with E-state index in [1.807, 2.05) is 32.0 Å². The van der Waals surface area contributed by atoms with Crippen molar-refractivity contribution in [1.29, 1.82) is 0 Å². The quantitative estimate of drug-likeness (QED) is 0.600. The van der Waals surface area contributed by atoms with Gasteiger partial charge in [-0.1, -0.05) is 30.3 Å². The van der Waals surface area contributed by atoms with Crippen molar-refractivity contribution in [2.75, 3.05) is 11.5 Å². The molecule has 30 heavy (non-hydrogen) atoms. The molecule has 1 aliphatic rings. The Labute approximate surface area is 174 Å². The first kappa shape index (κ1) is 19.5. The number of benzene rings is 2.